The van der Waals surface area contributed by atoms with E-state index in [9.17, 15) is 9.18 Å². The van der Waals surface area contributed by atoms with Gasteiger partial charge < -0.3 is 10.2 Å². The van der Waals surface area contributed by atoms with Crippen molar-refractivity contribution in [2.24, 2.45) is 0 Å². The summed E-state index contributed by atoms with van der Waals surface area (Å²) in [6, 6.07) is 17.5. The van der Waals surface area contributed by atoms with Crippen LogP contribution in [-0.4, -0.2) is 29.2 Å². The highest BCUT2D eigenvalue weighted by molar-refractivity contribution is 5.92. The van der Waals surface area contributed by atoms with Crippen molar-refractivity contribution in [1.29, 1.82) is 0 Å². The topological polar surface area (TPSA) is 58.1 Å². The zero-order chi connectivity index (χ0) is 20.8. The van der Waals surface area contributed by atoms with E-state index in [1.807, 2.05) is 36.4 Å². The molecule has 1 aliphatic heterocycles. The lowest BCUT2D eigenvalue weighted by atomic mass is 10.1. The van der Waals surface area contributed by atoms with Crippen LogP contribution in [0.2, 0.25) is 0 Å². The van der Waals surface area contributed by atoms with Gasteiger partial charge in [-0.25, -0.2) is 4.39 Å². The smallest absolute Gasteiger partial charge is 0.228 e. The van der Waals surface area contributed by atoms with E-state index in [4.69, 9.17) is 0 Å². The fourth-order valence-corrected chi connectivity index (χ4v) is 3.66. The summed E-state index contributed by atoms with van der Waals surface area (Å²) in [6.45, 7) is 2.08. The molecular weight excluding hydrogens is 379 g/mol. The number of carbonyl (C=O) groups is 1. The van der Waals surface area contributed by atoms with Crippen LogP contribution in [0.1, 0.15) is 31.2 Å². The Hall–Kier alpha value is -3.28. The predicted octanol–water partition coefficient (Wildman–Crippen LogP) is 4.84. The SMILES string of the molecule is O=C(Cc1ccc(F)cc1)Nc1ccc(-c2ccc(N3CCCCCC3)nn2)cc1. The Morgan fingerprint density at radius 1 is 0.867 bits per heavy atom. The first-order chi connectivity index (χ1) is 14.7. The van der Waals surface area contributed by atoms with Gasteiger partial charge in [0.05, 0.1) is 12.1 Å². The molecule has 1 aliphatic rings. The number of carbonyl (C=O) groups excluding carboxylic acids is 1. The summed E-state index contributed by atoms with van der Waals surface area (Å²) in [4.78, 5) is 14.5. The van der Waals surface area contributed by atoms with Gasteiger partial charge in [-0.15, -0.1) is 10.2 Å². The van der Waals surface area contributed by atoms with E-state index >= 15 is 0 Å². The second-order valence-corrected chi connectivity index (χ2v) is 7.61. The normalized spacial score (nSPS) is 14.2. The highest BCUT2D eigenvalue weighted by atomic mass is 19.1. The minimum Gasteiger partial charge on any atom is -0.355 e. The van der Waals surface area contributed by atoms with Crippen molar-refractivity contribution < 1.29 is 9.18 Å². The number of rotatable bonds is 5. The molecule has 2 heterocycles. The summed E-state index contributed by atoms with van der Waals surface area (Å²) < 4.78 is 13.0. The summed E-state index contributed by atoms with van der Waals surface area (Å²) in [5, 5.41) is 11.7. The summed E-state index contributed by atoms with van der Waals surface area (Å²) >= 11 is 0. The van der Waals surface area contributed by atoms with E-state index < -0.39 is 0 Å². The zero-order valence-corrected chi connectivity index (χ0v) is 16.9. The summed E-state index contributed by atoms with van der Waals surface area (Å²) in [6.07, 6.45) is 5.19. The van der Waals surface area contributed by atoms with Gasteiger partial charge in [0.15, 0.2) is 5.82 Å². The van der Waals surface area contributed by atoms with Crippen LogP contribution in [-0.2, 0) is 11.2 Å². The summed E-state index contributed by atoms with van der Waals surface area (Å²) in [5.74, 6) is 0.485. The summed E-state index contributed by atoms with van der Waals surface area (Å²) in [5.41, 5.74) is 3.23. The van der Waals surface area contributed by atoms with Gasteiger partial charge in [-0.2, -0.15) is 0 Å². The Labute approximate surface area is 176 Å². The molecule has 0 bridgehead atoms. The minimum atomic E-state index is -0.308. The van der Waals surface area contributed by atoms with Crippen LogP contribution in [0.3, 0.4) is 0 Å². The van der Waals surface area contributed by atoms with Gasteiger partial charge in [0.2, 0.25) is 5.91 Å². The average molecular weight is 404 g/mol. The Morgan fingerprint density at radius 2 is 1.57 bits per heavy atom. The number of nitrogens with one attached hydrogen (secondary N) is 1. The van der Waals surface area contributed by atoms with Gasteiger partial charge in [-0.3, -0.25) is 4.79 Å². The summed E-state index contributed by atoms with van der Waals surface area (Å²) in [7, 11) is 0. The number of halogens is 1. The van der Waals surface area contributed by atoms with Gasteiger partial charge in [0.25, 0.3) is 0 Å². The number of hydrogen-bond donors (Lipinski definition) is 1. The third-order valence-corrected chi connectivity index (χ3v) is 5.32. The third-order valence-electron chi connectivity index (χ3n) is 5.32. The number of hydrogen-bond acceptors (Lipinski definition) is 4. The molecule has 3 aromatic rings. The third kappa shape index (κ3) is 5.20. The molecule has 1 saturated heterocycles. The van der Waals surface area contributed by atoms with Crippen molar-refractivity contribution in [2.45, 2.75) is 32.1 Å². The minimum absolute atomic E-state index is 0.143. The van der Waals surface area contributed by atoms with Gasteiger partial charge >= 0.3 is 0 Å². The molecule has 0 saturated carbocycles. The van der Waals surface area contributed by atoms with Gasteiger partial charge in [0.1, 0.15) is 5.82 Å². The quantitative estimate of drug-likeness (QED) is 0.661. The molecule has 0 radical (unpaired) electrons. The first-order valence-corrected chi connectivity index (χ1v) is 10.4. The second kappa shape index (κ2) is 9.48. The molecule has 1 N–H and O–H groups in total. The molecule has 30 heavy (non-hydrogen) atoms. The lowest BCUT2D eigenvalue weighted by Gasteiger charge is -2.20. The fraction of sp³-hybridized carbons (Fsp3) is 0.292. The van der Waals surface area contributed by atoms with Crippen LogP contribution in [0.4, 0.5) is 15.9 Å². The highest BCUT2D eigenvalue weighted by Gasteiger charge is 2.12. The number of benzene rings is 2. The maximum atomic E-state index is 13.0. The molecule has 2 aromatic carbocycles. The van der Waals surface area contributed by atoms with E-state index in [-0.39, 0.29) is 18.1 Å². The van der Waals surface area contributed by atoms with E-state index in [2.05, 4.69) is 20.4 Å². The molecule has 1 aromatic heterocycles. The van der Waals surface area contributed by atoms with Crippen LogP contribution < -0.4 is 10.2 Å². The van der Waals surface area contributed by atoms with Crippen LogP contribution in [0.15, 0.2) is 60.7 Å². The number of amides is 1. The maximum absolute atomic E-state index is 13.0. The Morgan fingerprint density at radius 3 is 2.20 bits per heavy atom. The highest BCUT2D eigenvalue weighted by Crippen LogP contribution is 2.22. The van der Waals surface area contributed by atoms with Crippen LogP contribution in [0.25, 0.3) is 11.3 Å². The van der Waals surface area contributed by atoms with E-state index in [0.717, 1.165) is 35.7 Å². The molecule has 1 amide bonds. The van der Waals surface area contributed by atoms with Crippen molar-refractivity contribution in [3.63, 3.8) is 0 Å². The van der Waals surface area contributed by atoms with Crippen molar-refractivity contribution in [3.05, 3.63) is 72.0 Å². The van der Waals surface area contributed by atoms with Crippen LogP contribution in [0.5, 0.6) is 0 Å². The molecule has 4 rings (SSSR count). The lowest BCUT2D eigenvalue weighted by Crippen LogP contribution is -2.25. The first-order valence-electron chi connectivity index (χ1n) is 10.4. The fourth-order valence-electron chi connectivity index (χ4n) is 3.66. The molecule has 0 unspecified atom stereocenters. The van der Waals surface area contributed by atoms with Gasteiger partial charge in [-0.1, -0.05) is 37.1 Å². The van der Waals surface area contributed by atoms with Gasteiger partial charge in [0, 0.05) is 24.3 Å². The van der Waals surface area contributed by atoms with Crippen LogP contribution >= 0.6 is 0 Å². The molecular formula is C24H25FN4O. The Balaban J connectivity index is 1.36. The number of anilines is 2. The van der Waals surface area contributed by atoms with Crippen molar-refractivity contribution in [3.8, 4) is 11.3 Å². The lowest BCUT2D eigenvalue weighted by molar-refractivity contribution is -0.115. The molecule has 5 nitrogen and oxygen atoms in total. The maximum Gasteiger partial charge on any atom is 0.228 e. The van der Waals surface area contributed by atoms with E-state index in [1.165, 1.54) is 37.8 Å². The Bertz CT molecular complexity index is 964. The Kier molecular flexibility index (Phi) is 6.32. The standard InChI is InChI=1S/C24H25FN4O/c25-20-9-5-18(6-10-20)17-24(30)26-21-11-7-19(8-12-21)22-13-14-23(28-27-22)29-15-3-1-2-4-16-29/h5-14H,1-4,15-17H2,(H,26,30). The molecule has 154 valence electrons. The molecule has 0 atom stereocenters. The number of aromatic nitrogens is 2. The first kappa shape index (κ1) is 20.0. The largest absolute Gasteiger partial charge is 0.355 e. The number of nitrogens with zero attached hydrogens (tertiary/aromatic N) is 3. The average Bonchev–Trinajstić information content (AvgIpc) is 3.06. The molecule has 0 spiro atoms. The molecule has 1 fully saturated rings. The monoisotopic (exact) mass is 404 g/mol. The van der Waals surface area contributed by atoms with Crippen molar-refractivity contribution in [2.75, 3.05) is 23.3 Å². The predicted molar refractivity (Wildman–Crippen MR) is 117 cm³/mol. The second-order valence-electron chi connectivity index (χ2n) is 7.61. The van der Waals surface area contributed by atoms with Gasteiger partial charge in [-0.05, 0) is 54.8 Å². The van der Waals surface area contributed by atoms with Crippen LogP contribution in [0, 0.1) is 5.82 Å². The molecule has 6 heteroatoms. The van der Waals surface area contributed by atoms with E-state index in [1.54, 1.807) is 12.1 Å². The molecule has 0 aliphatic carbocycles. The van der Waals surface area contributed by atoms with E-state index in [0.29, 0.717) is 5.69 Å². The van der Waals surface area contributed by atoms with Crippen molar-refractivity contribution >= 4 is 17.4 Å². The van der Waals surface area contributed by atoms with Crippen molar-refractivity contribution in [1.82, 2.24) is 10.2 Å². The zero-order valence-electron chi connectivity index (χ0n) is 16.9.